The molecular formula is C40H24N2O. The molecule has 0 saturated heterocycles. The van der Waals surface area contributed by atoms with Crippen molar-refractivity contribution >= 4 is 64.9 Å². The summed E-state index contributed by atoms with van der Waals surface area (Å²) in [7, 11) is 0. The molecule has 0 atom stereocenters. The van der Waals surface area contributed by atoms with Crippen molar-refractivity contribution in [2.75, 3.05) is 0 Å². The van der Waals surface area contributed by atoms with Crippen molar-refractivity contribution < 1.29 is 0 Å². The van der Waals surface area contributed by atoms with Crippen LogP contribution in [0.5, 0.6) is 0 Å². The number of nitrogens with zero attached hydrogens (tertiary/aromatic N) is 2. The van der Waals surface area contributed by atoms with E-state index in [9.17, 15) is 4.79 Å². The molecule has 2 heterocycles. The van der Waals surface area contributed by atoms with Gasteiger partial charge in [0.1, 0.15) is 0 Å². The van der Waals surface area contributed by atoms with E-state index < -0.39 is 0 Å². The Morgan fingerprint density at radius 3 is 1.65 bits per heavy atom. The summed E-state index contributed by atoms with van der Waals surface area (Å²) in [6, 6.07) is 48.2. The van der Waals surface area contributed by atoms with Gasteiger partial charge in [-0.3, -0.25) is 14.3 Å². The molecule has 43 heavy (non-hydrogen) atoms. The zero-order valence-corrected chi connectivity index (χ0v) is 23.2. The fourth-order valence-corrected chi connectivity index (χ4v) is 6.85. The van der Waals surface area contributed by atoms with Crippen LogP contribution in [0.1, 0.15) is 0 Å². The van der Waals surface area contributed by atoms with Gasteiger partial charge < -0.3 is 0 Å². The minimum Gasteiger partial charge on any atom is -0.276 e. The molecule has 3 heteroatoms. The molecule has 0 aliphatic carbocycles. The summed E-state index contributed by atoms with van der Waals surface area (Å²) in [5, 5.41) is 11.0. The zero-order chi connectivity index (χ0) is 28.5. The van der Waals surface area contributed by atoms with E-state index in [0.29, 0.717) is 5.39 Å². The molecule has 3 nitrogen and oxygen atoms in total. The minimum atomic E-state index is -0.0346. The van der Waals surface area contributed by atoms with E-state index in [1.807, 2.05) is 65.4 Å². The summed E-state index contributed by atoms with van der Waals surface area (Å²) in [6.07, 6.45) is 1.90. The van der Waals surface area contributed by atoms with Crippen molar-refractivity contribution in [1.82, 2.24) is 9.55 Å². The molecule has 0 aliphatic rings. The number of rotatable bonds is 2. The van der Waals surface area contributed by atoms with Crippen molar-refractivity contribution in [2.24, 2.45) is 0 Å². The molecule has 0 radical (unpaired) electrons. The molecule has 0 bridgehead atoms. The second-order valence-electron chi connectivity index (χ2n) is 11.1. The maximum Gasteiger partial charge on any atom is 0.263 e. The predicted octanol–water partition coefficient (Wildman–Crippen LogP) is 9.82. The first-order chi connectivity index (χ1) is 21.3. The van der Waals surface area contributed by atoms with Gasteiger partial charge in [0, 0.05) is 28.0 Å². The van der Waals surface area contributed by atoms with Crippen LogP contribution in [-0.4, -0.2) is 9.55 Å². The molecule has 0 aliphatic heterocycles. The van der Waals surface area contributed by atoms with Gasteiger partial charge >= 0.3 is 0 Å². The highest BCUT2D eigenvalue weighted by atomic mass is 16.1. The zero-order valence-electron chi connectivity index (χ0n) is 23.2. The molecule has 9 aromatic rings. The number of benzene rings is 7. The highest BCUT2D eigenvalue weighted by Gasteiger charge is 2.16. The van der Waals surface area contributed by atoms with Gasteiger partial charge in [-0.05, 0) is 79.2 Å². The average Bonchev–Trinajstić information content (AvgIpc) is 3.08. The van der Waals surface area contributed by atoms with Crippen molar-refractivity contribution in [3.05, 3.63) is 156 Å². The molecule has 0 N–H and O–H groups in total. The number of para-hydroxylation sites is 1. The van der Waals surface area contributed by atoms with Crippen LogP contribution in [0.3, 0.4) is 0 Å². The van der Waals surface area contributed by atoms with E-state index in [0.717, 1.165) is 44.0 Å². The van der Waals surface area contributed by atoms with Gasteiger partial charge in [-0.15, -0.1) is 0 Å². The van der Waals surface area contributed by atoms with Gasteiger partial charge in [0.15, 0.2) is 0 Å². The summed E-state index contributed by atoms with van der Waals surface area (Å²) >= 11 is 0. The quantitative estimate of drug-likeness (QED) is 0.202. The van der Waals surface area contributed by atoms with Crippen LogP contribution in [0.4, 0.5) is 0 Å². The molecule has 2 aromatic heterocycles. The molecule has 7 aromatic carbocycles. The number of pyridine rings is 2. The number of hydrogen-bond donors (Lipinski definition) is 0. The summed E-state index contributed by atoms with van der Waals surface area (Å²) in [6.45, 7) is 0. The predicted molar refractivity (Wildman–Crippen MR) is 180 cm³/mol. The van der Waals surface area contributed by atoms with Gasteiger partial charge in [0.05, 0.1) is 11.0 Å². The van der Waals surface area contributed by atoms with E-state index >= 15 is 0 Å². The van der Waals surface area contributed by atoms with Gasteiger partial charge in [0.2, 0.25) is 0 Å². The highest BCUT2D eigenvalue weighted by Crippen LogP contribution is 2.37. The molecular weight excluding hydrogens is 524 g/mol. The van der Waals surface area contributed by atoms with Crippen LogP contribution in [0.2, 0.25) is 0 Å². The average molecular weight is 549 g/mol. The van der Waals surface area contributed by atoms with Crippen LogP contribution >= 0.6 is 0 Å². The number of fused-ring (bicyclic) bond motifs is 11. The smallest absolute Gasteiger partial charge is 0.263 e. The Hall–Kier alpha value is -5.80. The third-order valence-corrected chi connectivity index (χ3v) is 8.80. The molecule has 0 unspecified atom stereocenters. The van der Waals surface area contributed by atoms with E-state index in [-0.39, 0.29) is 5.56 Å². The fraction of sp³-hybridized carbons (Fsp3) is 0. The Labute approximate surface area is 246 Å². The Morgan fingerprint density at radius 1 is 0.419 bits per heavy atom. The molecule has 0 spiro atoms. The van der Waals surface area contributed by atoms with Crippen LogP contribution in [0, 0.1) is 0 Å². The van der Waals surface area contributed by atoms with Gasteiger partial charge in [-0.2, -0.15) is 0 Å². The summed E-state index contributed by atoms with van der Waals surface area (Å²) in [5.41, 5.74) is 4.71. The van der Waals surface area contributed by atoms with Crippen LogP contribution in [0.15, 0.2) is 151 Å². The summed E-state index contributed by atoms with van der Waals surface area (Å²) < 4.78 is 1.87. The van der Waals surface area contributed by atoms with Crippen molar-refractivity contribution in [1.29, 1.82) is 0 Å². The lowest BCUT2D eigenvalue weighted by Gasteiger charge is -2.16. The van der Waals surface area contributed by atoms with Crippen molar-refractivity contribution in [2.45, 2.75) is 0 Å². The Morgan fingerprint density at radius 2 is 0.953 bits per heavy atom. The van der Waals surface area contributed by atoms with Crippen molar-refractivity contribution in [3.8, 4) is 16.8 Å². The maximum absolute atomic E-state index is 14.2. The van der Waals surface area contributed by atoms with E-state index in [4.69, 9.17) is 4.98 Å². The van der Waals surface area contributed by atoms with Crippen LogP contribution in [-0.2, 0) is 0 Å². The van der Waals surface area contributed by atoms with Gasteiger partial charge in [0.25, 0.3) is 5.56 Å². The lowest BCUT2D eigenvalue weighted by atomic mass is 9.92. The fourth-order valence-electron chi connectivity index (χ4n) is 6.85. The maximum atomic E-state index is 14.2. The second kappa shape index (κ2) is 9.10. The Balaban J connectivity index is 1.33. The SMILES string of the molecule is O=c1c2ccccc2c2cnc3ccccc3c2n1-c1cccc(-c2ccc3c4ccccc4c4ccccc4c3c2)c1. The Kier molecular flexibility index (Phi) is 5.05. The Bertz CT molecular complexity index is 2610. The molecule has 0 saturated carbocycles. The van der Waals surface area contributed by atoms with E-state index in [1.165, 1.54) is 32.3 Å². The van der Waals surface area contributed by atoms with Crippen LogP contribution < -0.4 is 5.56 Å². The molecule has 0 amide bonds. The van der Waals surface area contributed by atoms with E-state index in [1.54, 1.807) is 0 Å². The van der Waals surface area contributed by atoms with E-state index in [2.05, 4.69) is 84.9 Å². The third-order valence-electron chi connectivity index (χ3n) is 8.80. The van der Waals surface area contributed by atoms with Gasteiger partial charge in [-0.25, -0.2) is 0 Å². The number of aromatic nitrogens is 2. The first kappa shape index (κ1) is 23.9. The van der Waals surface area contributed by atoms with Crippen molar-refractivity contribution in [3.63, 3.8) is 0 Å². The monoisotopic (exact) mass is 548 g/mol. The first-order valence-electron chi connectivity index (χ1n) is 14.5. The van der Waals surface area contributed by atoms with Crippen LogP contribution in [0.25, 0.3) is 81.7 Å². The lowest BCUT2D eigenvalue weighted by Crippen LogP contribution is -2.19. The number of hydrogen-bond acceptors (Lipinski definition) is 2. The first-order valence-corrected chi connectivity index (χ1v) is 14.5. The summed E-state index contributed by atoms with van der Waals surface area (Å²) in [5.74, 6) is 0. The third kappa shape index (κ3) is 3.49. The standard InChI is InChI=1S/C40H24N2O/c43-40-34-17-6-5-16-32(34)37-24-41-38-19-8-7-18-35(38)39(37)42(40)27-11-9-10-25(22-27)26-20-21-33-30-14-2-1-12-28(30)29-13-3-4-15-31(29)36(33)23-26/h1-24H. The highest BCUT2D eigenvalue weighted by molar-refractivity contribution is 6.25. The second-order valence-corrected chi connectivity index (χ2v) is 11.1. The summed E-state index contributed by atoms with van der Waals surface area (Å²) in [4.78, 5) is 19.0. The molecule has 200 valence electrons. The molecule has 9 rings (SSSR count). The lowest BCUT2D eigenvalue weighted by molar-refractivity contribution is 1.06. The normalized spacial score (nSPS) is 11.8. The minimum absolute atomic E-state index is 0.0346. The largest absolute Gasteiger partial charge is 0.276 e. The molecule has 0 fully saturated rings. The topological polar surface area (TPSA) is 34.9 Å². The van der Waals surface area contributed by atoms with Gasteiger partial charge in [-0.1, -0.05) is 109 Å².